The smallest absolute Gasteiger partial charge is 0.278 e. The molecule has 92 valence electrons. The number of anilines is 1. The van der Waals surface area contributed by atoms with Crippen molar-refractivity contribution >= 4 is 17.1 Å². The van der Waals surface area contributed by atoms with Crippen LogP contribution in [0, 0.1) is 0 Å². The largest absolute Gasteiger partial charge is 0.368 e. The van der Waals surface area contributed by atoms with Crippen LogP contribution in [-0.2, 0) is 4.84 Å². The molecule has 0 bridgehead atoms. The number of aliphatic hydroxyl groups excluding tert-OH is 1. The Labute approximate surface area is 94.4 Å². The van der Waals surface area contributed by atoms with Gasteiger partial charge in [0.1, 0.15) is 0 Å². The average molecular weight is 241 g/mol. The second-order valence-electron chi connectivity index (χ2n) is 3.24. The minimum absolute atomic E-state index is 0.0435. The zero-order chi connectivity index (χ0) is 12.3. The highest BCUT2D eigenvalue weighted by Gasteiger charge is 2.05. The van der Waals surface area contributed by atoms with Crippen molar-refractivity contribution in [1.29, 1.82) is 0 Å². The molecule has 2 rings (SSSR count). The summed E-state index contributed by atoms with van der Waals surface area (Å²) in [7, 11) is 0. The Kier molecular flexibility index (Phi) is 3.32. The summed E-state index contributed by atoms with van der Waals surface area (Å²) in [6, 6.07) is 0. The van der Waals surface area contributed by atoms with Crippen LogP contribution in [0.2, 0.25) is 0 Å². The minimum Gasteiger partial charge on any atom is -0.368 e. The van der Waals surface area contributed by atoms with E-state index in [1.807, 2.05) is 0 Å². The van der Waals surface area contributed by atoms with Gasteiger partial charge in [-0.2, -0.15) is 4.98 Å². The lowest BCUT2D eigenvalue weighted by atomic mass is 10.4. The minimum atomic E-state index is -1.43. The van der Waals surface area contributed by atoms with Crippen molar-refractivity contribution in [3.05, 3.63) is 16.7 Å². The summed E-state index contributed by atoms with van der Waals surface area (Å²) >= 11 is 0. The Hall–Kier alpha value is -1.97. The number of hydrogen-bond donors (Lipinski definition) is 5. The third kappa shape index (κ3) is 2.78. The first kappa shape index (κ1) is 11.5. The molecule has 0 spiro atoms. The molecule has 0 aromatic carbocycles. The molecule has 0 aliphatic carbocycles. The first-order valence-corrected chi connectivity index (χ1v) is 4.84. The van der Waals surface area contributed by atoms with Crippen LogP contribution >= 0.6 is 0 Å². The molecule has 5 N–H and O–H groups in total. The van der Waals surface area contributed by atoms with Crippen molar-refractivity contribution < 1.29 is 15.1 Å². The van der Waals surface area contributed by atoms with Crippen LogP contribution in [0.4, 0.5) is 5.95 Å². The third-order valence-electron chi connectivity index (χ3n) is 1.94. The van der Waals surface area contributed by atoms with Crippen molar-refractivity contribution in [3.63, 3.8) is 0 Å². The van der Waals surface area contributed by atoms with Gasteiger partial charge in [0, 0.05) is 6.42 Å². The van der Waals surface area contributed by atoms with Crippen molar-refractivity contribution in [2.75, 3.05) is 12.1 Å². The third-order valence-corrected chi connectivity index (χ3v) is 1.94. The molecule has 0 radical (unpaired) electrons. The van der Waals surface area contributed by atoms with E-state index in [-0.39, 0.29) is 35.7 Å². The maximum atomic E-state index is 11.5. The number of imidazole rings is 1. The van der Waals surface area contributed by atoms with Crippen LogP contribution in [0.3, 0.4) is 0 Å². The first-order valence-electron chi connectivity index (χ1n) is 4.84. The van der Waals surface area contributed by atoms with Gasteiger partial charge < -0.3 is 15.2 Å². The lowest BCUT2D eigenvalue weighted by molar-refractivity contribution is -0.0575. The Morgan fingerprint density at radius 3 is 3.12 bits per heavy atom. The van der Waals surface area contributed by atoms with Crippen LogP contribution in [0.1, 0.15) is 6.42 Å². The Morgan fingerprint density at radius 2 is 2.35 bits per heavy atom. The molecule has 9 nitrogen and oxygen atoms in total. The number of nitrogens with zero attached hydrogens (tertiary/aromatic N) is 2. The first-order chi connectivity index (χ1) is 8.16. The van der Waals surface area contributed by atoms with E-state index >= 15 is 0 Å². The van der Waals surface area contributed by atoms with E-state index in [0.717, 1.165) is 0 Å². The van der Waals surface area contributed by atoms with Gasteiger partial charge in [0.25, 0.3) is 5.56 Å². The lowest BCUT2D eigenvalue weighted by Gasteiger charge is -2.06. The van der Waals surface area contributed by atoms with E-state index in [9.17, 15) is 4.79 Å². The van der Waals surface area contributed by atoms with Gasteiger partial charge in [0.05, 0.1) is 12.9 Å². The number of H-pyrrole nitrogens is 2. The second kappa shape index (κ2) is 4.91. The lowest BCUT2D eigenvalue weighted by Crippen LogP contribution is -2.16. The number of aromatic amines is 2. The van der Waals surface area contributed by atoms with Gasteiger partial charge in [-0.25, -0.2) is 10.5 Å². The molecule has 0 amide bonds. The summed E-state index contributed by atoms with van der Waals surface area (Å²) in [4.78, 5) is 29.2. The topological polar surface area (TPSA) is 136 Å². The average Bonchev–Trinajstić information content (AvgIpc) is 2.72. The van der Waals surface area contributed by atoms with Crippen molar-refractivity contribution in [1.82, 2.24) is 19.9 Å². The van der Waals surface area contributed by atoms with E-state index in [1.54, 1.807) is 0 Å². The molecule has 0 atom stereocenters. The maximum Gasteiger partial charge on any atom is 0.278 e. The van der Waals surface area contributed by atoms with Gasteiger partial charge in [-0.1, -0.05) is 0 Å². The number of aliphatic hydroxyl groups is 2. The van der Waals surface area contributed by atoms with Crippen molar-refractivity contribution in [3.8, 4) is 0 Å². The summed E-state index contributed by atoms with van der Waals surface area (Å²) in [5, 5.41) is 17.1. The highest BCUT2D eigenvalue weighted by atomic mass is 16.6. The number of fused-ring (bicyclic) bond motifs is 1. The molecule has 17 heavy (non-hydrogen) atoms. The van der Waals surface area contributed by atoms with Gasteiger partial charge in [-0.15, -0.1) is 0 Å². The van der Waals surface area contributed by atoms with Gasteiger partial charge in [-0.3, -0.25) is 14.6 Å². The number of aromatic nitrogens is 4. The van der Waals surface area contributed by atoms with Gasteiger partial charge in [0.15, 0.2) is 17.5 Å². The Bertz CT molecular complexity index is 548. The molecule has 0 fully saturated rings. The molecular weight excluding hydrogens is 230 g/mol. The molecule has 9 heteroatoms. The molecule has 2 aromatic heterocycles. The molecule has 2 heterocycles. The fourth-order valence-electron chi connectivity index (χ4n) is 1.17. The van der Waals surface area contributed by atoms with E-state index in [4.69, 9.17) is 15.1 Å². The summed E-state index contributed by atoms with van der Waals surface area (Å²) in [5.74, 6) is 0.0991. The van der Waals surface area contributed by atoms with Crippen LogP contribution in [0.5, 0.6) is 0 Å². The zero-order valence-corrected chi connectivity index (χ0v) is 8.67. The second-order valence-corrected chi connectivity index (χ2v) is 3.24. The fourth-order valence-corrected chi connectivity index (χ4v) is 1.17. The van der Waals surface area contributed by atoms with E-state index < -0.39 is 6.29 Å². The van der Waals surface area contributed by atoms with Gasteiger partial charge in [0.2, 0.25) is 5.95 Å². The van der Waals surface area contributed by atoms with Crippen LogP contribution in [0.25, 0.3) is 11.2 Å². The zero-order valence-electron chi connectivity index (χ0n) is 8.67. The van der Waals surface area contributed by atoms with Crippen LogP contribution in [0.15, 0.2) is 11.1 Å². The Morgan fingerprint density at radius 1 is 1.53 bits per heavy atom. The molecule has 0 aliphatic heterocycles. The molecule has 0 unspecified atom stereocenters. The van der Waals surface area contributed by atoms with E-state index in [2.05, 4.69) is 25.4 Å². The monoisotopic (exact) mass is 241 g/mol. The normalized spacial score (nSPS) is 11.2. The SMILES string of the molecule is O=c1[nH]c(NOCCC(O)O)nc2nc[nH]c12. The fraction of sp³-hybridized carbons (Fsp3) is 0.375. The molecule has 2 aromatic rings. The maximum absolute atomic E-state index is 11.5. The summed E-state index contributed by atoms with van der Waals surface area (Å²) in [6.45, 7) is 0.0555. The highest BCUT2D eigenvalue weighted by Crippen LogP contribution is 2.02. The molecule has 0 saturated heterocycles. The number of rotatable bonds is 5. The number of nitrogens with one attached hydrogen (secondary N) is 3. The van der Waals surface area contributed by atoms with Gasteiger partial charge in [-0.05, 0) is 0 Å². The van der Waals surface area contributed by atoms with Crippen molar-refractivity contribution in [2.24, 2.45) is 0 Å². The van der Waals surface area contributed by atoms with Crippen LogP contribution < -0.4 is 11.0 Å². The summed E-state index contributed by atoms with van der Waals surface area (Å²) in [5.41, 5.74) is 2.55. The molecule has 0 aliphatic rings. The van der Waals surface area contributed by atoms with Gasteiger partial charge >= 0.3 is 0 Å². The van der Waals surface area contributed by atoms with E-state index in [0.29, 0.717) is 0 Å². The predicted molar refractivity (Wildman–Crippen MR) is 56.9 cm³/mol. The highest BCUT2D eigenvalue weighted by molar-refractivity contribution is 5.69. The number of hydrogen-bond acceptors (Lipinski definition) is 7. The Balaban J connectivity index is 2.01. The van der Waals surface area contributed by atoms with E-state index in [1.165, 1.54) is 6.33 Å². The molecular formula is C8H11N5O4. The predicted octanol–water partition coefficient (Wildman–Crippen LogP) is -1.31. The standard InChI is InChI=1S/C8H11N5O4/c14-4(15)1-2-17-13-8-11-6-5(7(16)12-8)9-3-10-6/h3-4,14-15H,1-2H2,(H3,9,10,11,12,13,16). The molecule has 0 saturated carbocycles. The summed E-state index contributed by atoms with van der Waals surface area (Å²) in [6.07, 6.45) is -0.0284. The van der Waals surface area contributed by atoms with Crippen molar-refractivity contribution in [2.45, 2.75) is 12.7 Å². The van der Waals surface area contributed by atoms with Crippen LogP contribution in [-0.4, -0.2) is 43.0 Å². The summed E-state index contributed by atoms with van der Waals surface area (Å²) < 4.78 is 0. The quantitative estimate of drug-likeness (QED) is 0.249.